The summed E-state index contributed by atoms with van der Waals surface area (Å²) >= 11 is 0. The zero-order valence-corrected chi connectivity index (χ0v) is 15.7. The van der Waals surface area contributed by atoms with E-state index in [0.29, 0.717) is 25.3 Å². The normalized spacial score (nSPS) is 23.1. The van der Waals surface area contributed by atoms with Crippen LogP contribution in [0.3, 0.4) is 0 Å². The molecule has 0 aliphatic heterocycles. The van der Waals surface area contributed by atoms with Crippen LogP contribution in [0.1, 0.15) is 36.8 Å². The molecule has 1 fully saturated rings. The van der Waals surface area contributed by atoms with Gasteiger partial charge in [0.1, 0.15) is 0 Å². The summed E-state index contributed by atoms with van der Waals surface area (Å²) < 4.78 is 0. The van der Waals surface area contributed by atoms with Crippen molar-refractivity contribution in [2.24, 2.45) is 17.8 Å². The summed E-state index contributed by atoms with van der Waals surface area (Å²) in [6.07, 6.45) is 5.14. The van der Waals surface area contributed by atoms with Crippen molar-refractivity contribution in [3.8, 4) is 0 Å². The van der Waals surface area contributed by atoms with Gasteiger partial charge in [0.15, 0.2) is 0 Å². The molecule has 1 aromatic rings. The number of carboxylic acids is 1. The topological polar surface area (TPSA) is 69.2 Å². The van der Waals surface area contributed by atoms with E-state index in [-0.39, 0.29) is 35.5 Å². The number of carboxylic acid groups (broad SMARTS) is 1. The zero-order valence-electron chi connectivity index (χ0n) is 13.7. The fourth-order valence-corrected chi connectivity index (χ4v) is 3.94. The molecule has 23 heavy (non-hydrogen) atoms. The minimum atomic E-state index is -1.08. The molecule has 1 N–H and O–H groups in total. The Balaban J connectivity index is 0.00000192. The summed E-state index contributed by atoms with van der Waals surface area (Å²) in [6.45, 7) is 0.633. The van der Waals surface area contributed by atoms with Crippen LogP contribution in [0.5, 0.6) is 0 Å². The third-order valence-corrected chi connectivity index (χ3v) is 5.14. The molecule has 1 amide bonds. The summed E-state index contributed by atoms with van der Waals surface area (Å²) in [5, 5.41) is 14.0. The molecule has 2 aliphatic carbocycles. The number of amides is 1. The summed E-state index contributed by atoms with van der Waals surface area (Å²) in [6, 6.07) is 8.50. The SMILES string of the molecule is O=C(NCCC1Cc2ccccc2C1)[C@H]1CCC[C@H]1C(=O)[O-].[Na+]. The van der Waals surface area contributed by atoms with Gasteiger partial charge in [0, 0.05) is 24.3 Å². The van der Waals surface area contributed by atoms with Gasteiger partial charge in [-0.2, -0.15) is 0 Å². The second-order valence-corrected chi connectivity index (χ2v) is 6.59. The van der Waals surface area contributed by atoms with Crippen LogP contribution in [0.25, 0.3) is 0 Å². The van der Waals surface area contributed by atoms with Crippen LogP contribution < -0.4 is 40.0 Å². The second kappa shape index (κ2) is 8.32. The van der Waals surface area contributed by atoms with Gasteiger partial charge in [-0.3, -0.25) is 4.79 Å². The molecular weight excluding hydrogens is 301 g/mol. The van der Waals surface area contributed by atoms with E-state index < -0.39 is 17.8 Å². The summed E-state index contributed by atoms with van der Waals surface area (Å²) in [5.74, 6) is -1.61. The van der Waals surface area contributed by atoms with Crippen LogP contribution >= 0.6 is 0 Å². The van der Waals surface area contributed by atoms with E-state index in [1.807, 2.05) is 0 Å². The summed E-state index contributed by atoms with van der Waals surface area (Å²) in [5.41, 5.74) is 2.85. The minimum absolute atomic E-state index is 0. The van der Waals surface area contributed by atoms with Gasteiger partial charge in [-0.1, -0.05) is 30.7 Å². The minimum Gasteiger partial charge on any atom is -0.550 e. The van der Waals surface area contributed by atoms with Gasteiger partial charge in [0.2, 0.25) is 5.91 Å². The molecule has 0 bridgehead atoms. The van der Waals surface area contributed by atoms with Crippen LogP contribution in [-0.2, 0) is 22.4 Å². The number of hydrogen-bond donors (Lipinski definition) is 1. The van der Waals surface area contributed by atoms with E-state index in [2.05, 4.69) is 29.6 Å². The standard InChI is InChI=1S/C18H23NO3.Na/c20-17(15-6-3-7-16(15)18(21)22)19-9-8-12-10-13-4-1-2-5-14(13)11-12;/h1-2,4-5,12,15-16H,3,6-11H2,(H,19,20)(H,21,22);/q;+1/p-1/t15-,16+;/m0./s1. The van der Waals surface area contributed by atoms with E-state index >= 15 is 0 Å². The largest absolute Gasteiger partial charge is 1.00 e. The van der Waals surface area contributed by atoms with Crippen molar-refractivity contribution < 1.29 is 44.3 Å². The Labute approximate surface area is 159 Å². The second-order valence-electron chi connectivity index (χ2n) is 6.59. The van der Waals surface area contributed by atoms with Gasteiger partial charge in [0.05, 0.1) is 0 Å². The van der Waals surface area contributed by atoms with Crippen molar-refractivity contribution in [2.45, 2.75) is 38.5 Å². The van der Waals surface area contributed by atoms with Crippen molar-refractivity contribution in [2.75, 3.05) is 6.54 Å². The Morgan fingerprint density at radius 2 is 1.70 bits per heavy atom. The maximum absolute atomic E-state index is 12.1. The number of fused-ring (bicyclic) bond motifs is 1. The molecule has 118 valence electrons. The predicted octanol–water partition coefficient (Wildman–Crippen LogP) is -1.92. The first kappa shape index (κ1) is 18.5. The van der Waals surface area contributed by atoms with Gasteiger partial charge >= 0.3 is 29.6 Å². The molecule has 1 aromatic carbocycles. The van der Waals surface area contributed by atoms with Crippen LogP contribution in [0, 0.1) is 17.8 Å². The van der Waals surface area contributed by atoms with Crippen molar-refractivity contribution in [3.63, 3.8) is 0 Å². The number of nitrogens with one attached hydrogen (secondary N) is 1. The van der Waals surface area contributed by atoms with Crippen LogP contribution in [0.2, 0.25) is 0 Å². The molecule has 0 heterocycles. The number of rotatable bonds is 5. The van der Waals surface area contributed by atoms with Crippen LogP contribution in [-0.4, -0.2) is 18.4 Å². The van der Waals surface area contributed by atoms with Gasteiger partial charge < -0.3 is 15.2 Å². The molecule has 1 saturated carbocycles. The smallest absolute Gasteiger partial charge is 0.550 e. The van der Waals surface area contributed by atoms with Gasteiger partial charge in [-0.25, -0.2) is 0 Å². The number of hydrogen-bond acceptors (Lipinski definition) is 3. The quantitative estimate of drug-likeness (QED) is 0.642. The molecule has 0 aromatic heterocycles. The summed E-state index contributed by atoms with van der Waals surface area (Å²) in [4.78, 5) is 23.2. The molecule has 2 aliphatic rings. The monoisotopic (exact) mass is 323 g/mol. The summed E-state index contributed by atoms with van der Waals surface area (Å²) in [7, 11) is 0. The van der Waals surface area contributed by atoms with Crippen LogP contribution in [0.15, 0.2) is 24.3 Å². The molecule has 3 rings (SSSR count). The Hall–Kier alpha value is -0.840. The number of carbonyl (C=O) groups is 2. The number of carbonyl (C=O) groups excluding carboxylic acids is 2. The van der Waals surface area contributed by atoms with Gasteiger partial charge in [-0.05, 0) is 49.1 Å². The fraction of sp³-hybridized carbons (Fsp3) is 0.556. The molecular formula is C18H22NNaO3. The van der Waals surface area contributed by atoms with E-state index in [1.165, 1.54) is 11.1 Å². The number of benzene rings is 1. The Bertz CT molecular complexity index is 550. The van der Waals surface area contributed by atoms with Crippen molar-refractivity contribution in [1.29, 1.82) is 0 Å². The molecule has 4 nitrogen and oxygen atoms in total. The van der Waals surface area contributed by atoms with Gasteiger partial charge in [-0.15, -0.1) is 0 Å². The Kier molecular flexibility index (Phi) is 6.69. The van der Waals surface area contributed by atoms with Gasteiger partial charge in [0.25, 0.3) is 0 Å². The first-order valence-corrected chi connectivity index (χ1v) is 8.20. The maximum Gasteiger partial charge on any atom is 1.00 e. The van der Waals surface area contributed by atoms with E-state index in [4.69, 9.17) is 0 Å². The third-order valence-electron chi connectivity index (χ3n) is 5.14. The first-order valence-electron chi connectivity index (χ1n) is 8.20. The van der Waals surface area contributed by atoms with Crippen LogP contribution in [0.4, 0.5) is 0 Å². The molecule has 0 unspecified atom stereocenters. The first-order chi connectivity index (χ1) is 10.6. The average Bonchev–Trinajstić information content (AvgIpc) is 3.13. The van der Waals surface area contributed by atoms with E-state index in [0.717, 1.165) is 25.7 Å². The molecule has 0 radical (unpaired) electrons. The van der Waals surface area contributed by atoms with Crippen molar-refractivity contribution in [1.82, 2.24) is 5.32 Å². The molecule has 0 saturated heterocycles. The number of aliphatic carboxylic acids is 1. The van der Waals surface area contributed by atoms with E-state index in [9.17, 15) is 14.7 Å². The Morgan fingerprint density at radius 1 is 1.09 bits per heavy atom. The average molecular weight is 323 g/mol. The fourth-order valence-electron chi connectivity index (χ4n) is 3.94. The van der Waals surface area contributed by atoms with E-state index in [1.54, 1.807) is 0 Å². The molecule has 5 heteroatoms. The van der Waals surface area contributed by atoms with Crippen molar-refractivity contribution in [3.05, 3.63) is 35.4 Å². The molecule has 2 atom stereocenters. The van der Waals surface area contributed by atoms with Crippen molar-refractivity contribution >= 4 is 11.9 Å². The molecule has 0 spiro atoms. The zero-order chi connectivity index (χ0) is 15.5. The maximum atomic E-state index is 12.1. The third kappa shape index (κ3) is 4.37. The Morgan fingerprint density at radius 3 is 2.30 bits per heavy atom. The predicted molar refractivity (Wildman–Crippen MR) is 80.8 cm³/mol.